The zero-order valence-corrected chi connectivity index (χ0v) is 12.9. The molecular formula is C17H21N3O2. The number of fused-ring (bicyclic) bond motifs is 1. The first-order chi connectivity index (χ1) is 10.5. The van der Waals surface area contributed by atoms with Crippen molar-refractivity contribution < 1.29 is 9.21 Å². The van der Waals surface area contributed by atoms with Crippen LogP contribution >= 0.6 is 0 Å². The second kappa shape index (κ2) is 5.75. The largest absolute Gasteiger partial charge is 0.467 e. The molecule has 22 heavy (non-hydrogen) atoms. The Labute approximate surface area is 130 Å². The highest BCUT2D eigenvalue weighted by Gasteiger charge is 2.30. The molecule has 2 aromatic rings. The Bertz CT molecular complexity index is 650. The minimum atomic E-state index is -0.0738. The fourth-order valence-electron chi connectivity index (χ4n) is 2.79. The van der Waals surface area contributed by atoms with Crippen molar-refractivity contribution in [3.05, 3.63) is 48.4 Å². The van der Waals surface area contributed by atoms with Crippen molar-refractivity contribution in [1.82, 2.24) is 5.32 Å². The van der Waals surface area contributed by atoms with Crippen molar-refractivity contribution in [2.75, 3.05) is 23.3 Å². The summed E-state index contributed by atoms with van der Waals surface area (Å²) in [5, 5.41) is 6.40. The lowest BCUT2D eigenvalue weighted by Gasteiger charge is -2.41. The number of nitrogens with one attached hydrogen (secondary N) is 2. The number of benzene rings is 1. The van der Waals surface area contributed by atoms with E-state index in [0.29, 0.717) is 13.1 Å². The second-order valence-electron chi connectivity index (χ2n) is 6.24. The Morgan fingerprint density at radius 1 is 1.32 bits per heavy atom. The SMILES string of the molecule is CC1(C)CN(CC(=O)NCc2ccco2)c2ccccc2N1. The standard InChI is InChI=1S/C17H21N3O2/c1-17(2)12-20(15-8-4-3-7-14(15)19-17)11-16(21)18-10-13-6-5-9-22-13/h3-9,19H,10-12H2,1-2H3,(H,18,21). The summed E-state index contributed by atoms with van der Waals surface area (Å²) in [6, 6.07) is 11.7. The van der Waals surface area contributed by atoms with Crippen molar-refractivity contribution in [3.63, 3.8) is 0 Å². The summed E-state index contributed by atoms with van der Waals surface area (Å²) in [6.07, 6.45) is 1.61. The van der Waals surface area contributed by atoms with Crippen molar-refractivity contribution in [3.8, 4) is 0 Å². The van der Waals surface area contributed by atoms with Crippen LogP contribution in [0.1, 0.15) is 19.6 Å². The molecule has 3 rings (SSSR count). The molecule has 1 amide bonds. The molecule has 0 radical (unpaired) electrons. The molecule has 0 spiro atoms. The van der Waals surface area contributed by atoms with Crippen molar-refractivity contribution in [1.29, 1.82) is 0 Å². The van der Waals surface area contributed by atoms with Gasteiger partial charge in [-0.25, -0.2) is 0 Å². The van der Waals surface area contributed by atoms with Crippen molar-refractivity contribution >= 4 is 17.3 Å². The first-order valence-electron chi connectivity index (χ1n) is 7.45. The van der Waals surface area contributed by atoms with Crippen LogP contribution in [-0.2, 0) is 11.3 Å². The highest BCUT2D eigenvalue weighted by Crippen LogP contribution is 2.33. The quantitative estimate of drug-likeness (QED) is 0.911. The van der Waals surface area contributed by atoms with E-state index in [-0.39, 0.29) is 11.4 Å². The highest BCUT2D eigenvalue weighted by molar-refractivity contribution is 5.84. The Morgan fingerprint density at radius 3 is 2.91 bits per heavy atom. The number of carbonyl (C=O) groups excluding carboxylic acids is 1. The predicted molar refractivity (Wildman–Crippen MR) is 86.9 cm³/mol. The summed E-state index contributed by atoms with van der Waals surface area (Å²) >= 11 is 0. The van der Waals surface area contributed by atoms with Gasteiger partial charge >= 0.3 is 0 Å². The number of furan rings is 1. The van der Waals surface area contributed by atoms with Gasteiger partial charge in [0, 0.05) is 12.1 Å². The summed E-state index contributed by atoms with van der Waals surface area (Å²) in [4.78, 5) is 14.3. The first-order valence-corrected chi connectivity index (χ1v) is 7.45. The number of rotatable bonds is 4. The summed E-state index contributed by atoms with van der Waals surface area (Å²) in [6.45, 7) is 5.80. The normalized spacial score (nSPS) is 15.8. The molecule has 0 saturated heterocycles. The molecule has 1 aromatic carbocycles. The van der Waals surface area contributed by atoms with E-state index in [0.717, 1.165) is 23.7 Å². The molecule has 0 bridgehead atoms. The topological polar surface area (TPSA) is 57.5 Å². The molecule has 1 aliphatic rings. The summed E-state index contributed by atoms with van der Waals surface area (Å²) in [5.74, 6) is 0.748. The summed E-state index contributed by atoms with van der Waals surface area (Å²) < 4.78 is 5.22. The number of carbonyl (C=O) groups is 1. The molecule has 5 heteroatoms. The molecule has 1 aliphatic heterocycles. The van der Waals surface area contributed by atoms with Crippen LogP contribution in [0.3, 0.4) is 0 Å². The van der Waals surface area contributed by atoms with E-state index < -0.39 is 0 Å². The minimum Gasteiger partial charge on any atom is -0.467 e. The van der Waals surface area contributed by atoms with E-state index in [1.807, 2.05) is 36.4 Å². The van der Waals surface area contributed by atoms with E-state index in [9.17, 15) is 4.79 Å². The highest BCUT2D eigenvalue weighted by atomic mass is 16.3. The molecule has 5 nitrogen and oxygen atoms in total. The third kappa shape index (κ3) is 3.24. The average Bonchev–Trinajstić information content (AvgIpc) is 2.97. The van der Waals surface area contributed by atoms with E-state index in [2.05, 4.69) is 29.4 Å². The van der Waals surface area contributed by atoms with Crippen LogP contribution in [0.25, 0.3) is 0 Å². The Morgan fingerprint density at radius 2 is 2.14 bits per heavy atom. The van der Waals surface area contributed by atoms with Crippen LogP contribution in [0.15, 0.2) is 47.1 Å². The molecule has 0 aliphatic carbocycles. The van der Waals surface area contributed by atoms with E-state index in [1.165, 1.54) is 0 Å². The molecule has 2 N–H and O–H groups in total. The third-order valence-electron chi connectivity index (χ3n) is 3.68. The smallest absolute Gasteiger partial charge is 0.239 e. The maximum absolute atomic E-state index is 12.2. The maximum atomic E-state index is 12.2. The monoisotopic (exact) mass is 299 g/mol. The van der Waals surface area contributed by atoms with Gasteiger partial charge in [0.05, 0.1) is 30.7 Å². The van der Waals surface area contributed by atoms with E-state index in [4.69, 9.17) is 4.42 Å². The summed E-state index contributed by atoms with van der Waals surface area (Å²) in [5.41, 5.74) is 2.06. The Kier molecular flexibility index (Phi) is 3.79. The van der Waals surface area contributed by atoms with Gasteiger partial charge in [-0.15, -0.1) is 0 Å². The Hall–Kier alpha value is -2.43. The lowest BCUT2D eigenvalue weighted by Crippen LogP contribution is -2.51. The maximum Gasteiger partial charge on any atom is 0.239 e. The fourth-order valence-corrected chi connectivity index (χ4v) is 2.79. The van der Waals surface area contributed by atoms with Crippen LogP contribution in [0, 0.1) is 0 Å². The molecule has 0 atom stereocenters. The Balaban J connectivity index is 1.67. The van der Waals surface area contributed by atoms with Gasteiger partial charge in [0.2, 0.25) is 5.91 Å². The van der Waals surface area contributed by atoms with Gasteiger partial charge in [0.25, 0.3) is 0 Å². The van der Waals surface area contributed by atoms with Crippen LogP contribution in [-0.4, -0.2) is 24.5 Å². The van der Waals surface area contributed by atoms with Gasteiger partial charge in [0.1, 0.15) is 5.76 Å². The van der Waals surface area contributed by atoms with Gasteiger partial charge in [-0.3, -0.25) is 4.79 Å². The molecule has 0 fully saturated rings. The van der Waals surface area contributed by atoms with Crippen LogP contribution in [0.5, 0.6) is 0 Å². The van der Waals surface area contributed by atoms with Gasteiger partial charge in [0.15, 0.2) is 0 Å². The van der Waals surface area contributed by atoms with Crippen LogP contribution in [0.4, 0.5) is 11.4 Å². The van der Waals surface area contributed by atoms with Crippen LogP contribution < -0.4 is 15.5 Å². The zero-order chi connectivity index (χ0) is 15.6. The molecule has 2 heterocycles. The lowest BCUT2D eigenvalue weighted by atomic mass is 9.99. The number of anilines is 2. The van der Waals surface area contributed by atoms with Crippen molar-refractivity contribution in [2.45, 2.75) is 25.9 Å². The molecular weight excluding hydrogens is 278 g/mol. The molecule has 1 aromatic heterocycles. The van der Waals surface area contributed by atoms with E-state index in [1.54, 1.807) is 6.26 Å². The van der Waals surface area contributed by atoms with Gasteiger partial charge in [-0.1, -0.05) is 12.1 Å². The number of amides is 1. The van der Waals surface area contributed by atoms with Gasteiger partial charge < -0.3 is 20.0 Å². The molecule has 0 unspecified atom stereocenters. The van der Waals surface area contributed by atoms with Crippen molar-refractivity contribution in [2.24, 2.45) is 0 Å². The lowest BCUT2D eigenvalue weighted by molar-refractivity contribution is -0.120. The van der Waals surface area contributed by atoms with Gasteiger partial charge in [-0.2, -0.15) is 0 Å². The number of hydrogen-bond acceptors (Lipinski definition) is 4. The fraction of sp³-hybridized carbons (Fsp3) is 0.353. The number of para-hydroxylation sites is 2. The van der Waals surface area contributed by atoms with E-state index >= 15 is 0 Å². The minimum absolute atomic E-state index is 0.0103. The zero-order valence-electron chi connectivity index (χ0n) is 12.9. The average molecular weight is 299 g/mol. The number of nitrogens with zero attached hydrogens (tertiary/aromatic N) is 1. The van der Waals surface area contributed by atoms with Gasteiger partial charge in [-0.05, 0) is 38.1 Å². The van der Waals surface area contributed by atoms with Crippen LogP contribution in [0.2, 0.25) is 0 Å². The number of hydrogen-bond donors (Lipinski definition) is 2. The first kappa shape index (κ1) is 14.5. The second-order valence-corrected chi connectivity index (χ2v) is 6.24. The molecule has 0 saturated carbocycles. The summed E-state index contributed by atoms with van der Waals surface area (Å²) in [7, 11) is 0. The predicted octanol–water partition coefficient (Wildman–Crippen LogP) is 2.61. The third-order valence-corrected chi connectivity index (χ3v) is 3.68. The molecule has 116 valence electrons.